The number of aromatic nitrogens is 2. The van der Waals surface area contributed by atoms with Crippen molar-refractivity contribution in [2.75, 3.05) is 69.7 Å². The average molecular weight is 791 g/mol. The van der Waals surface area contributed by atoms with E-state index in [4.69, 9.17) is 42.4 Å². The van der Waals surface area contributed by atoms with E-state index in [0.717, 1.165) is 80.9 Å². The van der Waals surface area contributed by atoms with Crippen LogP contribution in [0.5, 0.6) is 11.5 Å². The Morgan fingerprint density at radius 3 is 2.22 bits per heavy atom. The van der Waals surface area contributed by atoms with Crippen LogP contribution < -0.4 is 14.4 Å². The molecule has 5 heterocycles. The summed E-state index contributed by atoms with van der Waals surface area (Å²) in [4.78, 5) is 31.4. The van der Waals surface area contributed by atoms with E-state index in [-0.39, 0.29) is 12.7 Å². The highest BCUT2D eigenvalue weighted by atomic mass is 35.5. The van der Waals surface area contributed by atoms with Crippen LogP contribution in [0.15, 0.2) is 48.7 Å². The molecule has 4 fully saturated rings. The lowest BCUT2D eigenvalue weighted by Gasteiger charge is -2.48. The van der Waals surface area contributed by atoms with Crippen LogP contribution >= 0.6 is 23.2 Å². The average Bonchev–Trinajstić information content (AvgIpc) is 3.73. The van der Waals surface area contributed by atoms with Crippen LogP contribution in [-0.2, 0) is 16.8 Å². The Labute approximate surface area is 335 Å². The molecule has 4 aliphatic heterocycles. The fourth-order valence-corrected chi connectivity index (χ4v) is 8.85. The number of alkyl halides is 1. The van der Waals surface area contributed by atoms with Gasteiger partial charge < -0.3 is 24.0 Å². The van der Waals surface area contributed by atoms with Gasteiger partial charge in [-0.3, -0.25) is 9.80 Å². The number of hydrogen-bond acceptors (Lipinski definition) is 10. The lowest BCUT2D eigenvalue weighted by Crippen LogP contribution is -2.63. The highest BCUT2D eigenvalue weighted by molar-refractivity contribution is 6.32. The minimum Gasteiger partial charge on any atom is -0.489 e. The van der Waals surface area contributed by atoms with E-state index in [2.05, 4.69) is 39.6 Å². The van der Waals surface area contributed by atoms with E-state index in [1.165, 1.54) is 12.8 Å². The molecule has 0 bridgehead atoms. The van der Waals surface area contributed by atoms with Gasteiger partial charge >= 0.3 is 6.09 Å². The standard InChI is InChI=1S/C42H53Cl2N7O4/c1-41(2,3)55-40(52)51-25-35(26-51)48-15-11-34(12-16-48)49-21-29-23-50(24-30(29)22-49)39-46-14-10-33(47-39)27-54-36-8-6-31(7-9-36)42(4,5)32-18-28(20-45)38(37(44)19-32)53-17-13-43/h6-10,14,18-19,29-30,34-35H,11-13,15-17,21-27H2,1-5H3/t29-,30+. The monoisotopic (exact) mass is 789 g/mol. The molecule has 4 saturated heterocycles. The zero-order valence-corrected chi connectivity index (χ0v) is 34.2. The molecule has 0 radical (unpaired) electrons. The van der Waals surface area contributed by atoms with Gasteiger partial charge in [-0.1, -0.05) is 37.6 Å². The maximum atomic E-state index is 12.4. The first-order valence-corrected chi connectivity index (χ1v) is 20.4. The SMILES string of the molecule is CC(C)(C)OC(=O)N1CC(N2CCC(N3C[C@H]4CN(c5nccc(COc6ccc(C(C)(C)c7cc(Cl)c(OCCCl)c(C#N)c7)cc6)n5)C[C@H]4C3)CC2)C1. The summed E-state index contributed by atoms with van der Waals surface area (Å²) in [7, 11) is 0. The van der Waals surface area contributed by atoms with E-state index in [0.29, 0.717) is 52.7 Å². The second kappa shape index (κ2) is 16.3. The Balaban J connectivity index is 0.869. The van der Waals surface area contributed by atoms with Crippen LogP contribution in [0.25, 0.3) is 0 Å². The Hall–Kier alpha value is -3.82. The summed E-state index contributed by atoms with van der Waals surface area (Å²) in [5.74, 6) is 3.46. The molecule has 55 heavy (non-hydrogen) atoms. The quantitative estimate of drug-likeness (QED) is 0.189. The molecule has 0 spiro atoms. The molecule has 1 aromatic heterocycles. The van der Waals surface area contributed by atoms with E-state index in [1.807, 2.05) is 74.3 Å². The number of piperidine rings is 1. The fourth-order valence-electron chi connectivity index (χ4n) is 8.50. The number of rotatable bonds is 11. The third-order valence-electron chi connectivity index (χ3n) is 11.7. The number of likely N-dealkylation sites (tertiary alicyclic amines) is 3. The van der Waals surface area contributed by atoms with Gasteiger partial charge in [0.2, 0.25) is 5.95 Å². The van der Waals surface area contributed by atoms with Crippen molar-refractivity contribution < 1.29 is 19.0 Å². The lowest BCUT2D eigenvalue weighted by molar-refractivity contribution is -0.0238. The Morgan fingerprint density at radius 2 is 1.58 bits per heavy atom. The van der Waals surface area contributed by atoms with Crippen molar-refractivity contribution in [3.8, 4) is 17.6 Å². The Morgan fingerprint density at radius 1 is 0.891 bits per heavy atom. The lowest BCUT2D eigenvalue weighted by atomic mass is 9.77. The van der Waals surface area contributed by atoms with E-state index < -0.39 is 11.0 Å². The molecule has 7 rings (SSSR count). The number of amides is 1. The number of benzene rings is 2. The highest BCUT2D eigenvalue weighted by Gasteiger charge is 2.44. The molecular weight excluding hydrogens is 737 g/mol. The Bertz CT molecular complexity index is 1850. The highest BCUT2D eigenvalue weighted by Crippen LogP contribution is 2.39. The predicted molar refractivity (Wildman–Crippen MR) is 214 cm³/mol. The van der Waals surface area contributed by atoms with Crippen LogP contribution in [0.3, 0.4) is 0 Å². The zero-order chi connectivity index (χ0) is 38.9. The first-order chi connectivity index (χ1) is 26.3. The number of hydrogen-bond donors (Lipinski definition) is 0. The van der Waals surface area contributed by atoms with Crippen molar-refractivity contribution in [1.29, 1.82) is 5.26 Å². The smallest absolute Gasteiger partial charge is 0.410 e. The molecule has 0 unspecified atom stereocenters. The second-order valence-electron chi connectivity index (χ2n) is 17.0. The number of carbonyl (C=O) groups excluding carboxylic acids is 1. The first-order valence-electron chi connectivity index (χ1n) is 19.5. The van der Waals surface area contributed by atoms with Crippen LogP contribution in [0, 0.1) is 23.2 Å². The van der Waals surface area contributed by atoms with Crippen molar-refractivity contribution in [2.45, 2.75) is 77.2 Å². The van der Waals surface area contributed by atoms with Crippen molar-refractivity contribution >= 4 is 35.2 Å². The minimum atomic E-state index is -0.452. The molecule has 0 N–H and O–H groups in total. The third kappa shape index (κ3) is 8.93. The molecule has 294 valence electrons. The van der Waals surface area contributed by atoms with Gasteiger partial charge in [0.25, 0.3) is 0 Å². The van der Waals surface area contributed by atoms with Crippen molar-refractivity contribution in [3.05, 3.63) is 76.1 Å². The number of anilines is 1. The number of carbonyl (C=O) groups is 1. The van der Waals surface area contributed by atoms with E-state index in [9.17, 15) is 10.1 Å². The summed E-state index contributed by atoms with van der Waals surface area (Å²) < 4.78 is 17.4. The van der Waals surface area contributed by atoms with Crippen LogP contribution in [0.1, 0.15) is 69.8 Å². The second-order valence-corrected chi connectivity index (χ2v) is 17.7. The largest absolute Gasteiger partial charge is 0.489 e. The maximum absolute atomic E-state index is 12.4. The number of halogens is 2. The van der Waals surface area contributed by atoms with Gasteiger partial charge in [0.05, 0.1) is 22.2 Å². The summed E-state index contributed by atoms with van der Waals surface area (Å²) in [5.41, 5.74) is 2.32. The van der Waals surface area contributed by atoms with Gasteiger partial charge in [0.1, 0.15) is 30.6 Å². The Kier molecular flexibility index (Phi) is 11.7. The molecule has 3 aromatic rings. The van der Waals surface area contributed by atoms with Gasteiger partial charge in [-0.15, -0.1) is 11.6 Å². The number of ether oxygens (including phenoxy) is 3. The molecule has 2 aromatic carbocycles. The van der Waals surface area contributed by atoms with Crippen LogP contribution in [0.4, 0.5) is 10.7 Å². The predicted octanol–water partition coefficient (Wildman–Crippen LogP) is 6.98. The minimum absolute atomic E-state index is 0.192. The molecule has 1 amide bonds. The summed E-state index contributed by atoms with van der Waals surface area (Å²) in [5, 5.41) is 10.2. The topological polar surface area (TPSA) is 107 Å². The molecule has 13 heteroatoms. The van der Waals surface area contributed by atoms with Crippen molar-refractivity contribution in [2.24, 2.45) is 11.8 Å². The van der Waals surface area contributed by atoms with E-state index >= 15 is 0 Å². The van der Waals surface area contributed by atoms with Gasteiger partial charge in [-0.05, 0) is 86.9 Å². The van der Waals surface area contributed by atoms with Gasteiger partial charge in [-0.25, -0.2) is 14.8 Å². The van der Waals surface area contributed by atoms with Gasteiger partial charge in [-0.2, -0.15) is 5.26 Å². The molecule has 4 aliphatic rings. The van der Waals surface area contributed by atoms with Crippen LogP contribution in [-0.4, -0.2) is 113 Å². The van der Waals surface area contributed by atoms with Crippen molar-refractivity contribution in [3.63, 3.8) is 0 Å². The van der Waals surface area contributed by atoms with Crippen molar-refractivity contribution in [1.82, 2.24) is 24.7 Å². The first kappa shape index (κ1) is 39.4. The summed E-state index contributed by atoms with van der Waals surface area (Å²) in [6, 6.07) is 16.9. The van der Waals surface area contributed by atoms with E-state index in [1.54, 1.807) is 0 Å². The molecule has 0 saturated carbocycles. The zero-order valence-electron chi connectivity index (χ0n) is 32.6. The van der Waals surface area contributed by atoms with Gasteiger partial charge in [0, 0.05) is 76.1 Å². The molecular formula is C42H53Cl2N7O4. The van der Waals surface area contributed by atoms with Gasteiger partial charge in [0.15, 0.2) is 5.75 Å². The number of fused-ring (bicyclic) bond motifs is 1. The number of nitriles is 1. The maximum Gasteiger partial charge on any atom is 0.410 e. The summed E-state index contributed by atoms with van der Waals surface area (Å²) in [6.07, 6.45) is 4.02. The summed E-state index contributed by atoms with van der Waals surface area (Å²) >= 11 is 12.3. The molecule has 2 atom stereocenters. The van der Waals surface area contributed by atoms with Crippen LogP contribution in [0.2, 0.25) is 5.02 Å². The number of nitrogens with zero attached hydrogens (tertiary/aromatic N) is 7. The molecule has 11 nitrogen and oxygen atoms in total. The summed E-state index contributed by atoms with van der Waals surface area (Å²) in [6.45, 7) is 18.6. The third-order valence-corrected chi connectivity index (χ3v) is 12.2. The molecule has 0 aliphatic carbocycles. The fraction of sp³-hybridized carbons (Fsp3) is 0.571. The normalized spacial score (nSPS) is 21.3.